The minimum Gasteiger partial charge on any atom is -0.497 e. The van der Waals surface area contributed by atoms with Crippen molar-refractivity contribution in [2.75, 3.05) is 73.7 Å². The number of nitrogens with one attached hydrogen (secondary N) is 2. The Bertz CT molecular complexity index is 657. The highest BCUT2D eigenvalue weighted by Crippen LogP contribution is 2.21. The van der Waals surface area contributed by atoms with Crippen LogP contribution in [0.4, 0.5) is 0 Å². The van der Waals surface area contributed by atoms with Crippen LogP contribution in [0.3, 0.4) is 0 Å². The lowest BCUT2D eigenvalue weighted by molar-refractivity contribution is -0.122. The highest BCUT2D eigenvalue weighted by atomic mass is 16.5. The Hall–Kier alpha value is -2.32. The third-order valence-electron chi connectivity index (χ3n) is 5.42. The van der Waals surface area contributed by atoms with Gasteiger partial charge < -0.3 is 25.0 Å². The summed E-state index contributed by atoms with van der Waals surface area (Å²) in [6, 6.07) is 8.27. The van der Waals surface area contributed by atoms with Crippen LogP contribution in [-0.2, 0) is 9.53 Å². The quantitative estimate of drug-likeness (QED) is 0.337. The van der Waals surface area contributed by atoms with Crippen molar-refractivity contribution in [3.05, 3.63) is 29.8 Å². The summed E-state index contributed by atoms with van der Waals surface area (Å²) < 4.78 is 10.2. The number of carbonyl (C=O) groups excluding carboxylic acids is 1. The number of rotatable bonds is 10. The summed E-state index contributed by atoms with van der Waals surface area (Å²) in [5, 5.41) is 6.36. The summed E-state index contributed by atoms with van der Waals surface area (Å²) >= 11 is 0. The standard InChI is InChI=1S/C22H37N5O3/c1-18(19-5-7-20(30-4)8-6-19)9-10-25-22(23-2)27-14-12-26(13-15-27)17-21(28)24-11-16-29-3/h5-8,18H,9-17H2,1-4H3,(H,23,25)(H,24,28). The van der Waals surface area contributed by atoms with E-state index in [0.717, 1.165) is 50.9 Å². The Morgan fingerprint density at radius 3 is 2.40 bits per heavy atom. The van der Waals surface area contributed by atoms with Crippen LogP contribution in [0.2, 0.25) is 0 Å². The fourth-order valence-corrected chi connectivity index (χ4v) is 3.50. The van der Waals surface area contributed by atoms with Crippen molar-refractivity contribution in [3.63, 3.8) is 0 Å². The Kier molecular flexibility index (Phi) is 10.4. The van der Waals surface area contributed by atoms with Gasteiger partial charge in [0.05, 0.1) is 20.3 Å². The van der Waals surface area contributed by atoms with Crippen LogP contribution in [0, 0.1) is 0 Å². The number of guanidine groups is 1. The number of benzene rings is 1. The molecule has 1 aliphatic rings. The average molecular weight is 420 g/mol. The van der Waals surface area contributed by atoms with E-state index in [-0.39, 0.29) is 5.91 Å². The van der Waals surface area contributed by atoms with Crippen LogP contribution in [-0.4, -0.2) is 95.4 Å². The summed E-state index contributed by atoms with van der Waals surface area (Å²) in [7, 11) is 5.14. The van der Waals surface area contributed by atoms with Gasteiger partial charge in [-0.15, -0.1) is 0 Å². The van der Waals surface area contributed by atoms with E-state index in [9.17, 15) is 4.79 Å². The second kappa shape index (κ2) is 13.1. The van der Waals surface area contributed by atoms with Gasteiger partial charge in [0.15, 0.2) is 5.96 Å². The molecule has 1 unspecified atom stereocenters. The molecule has 0 aromatic heterocycles. The lowest BCUT2D eigenvalue weighted by atomic mass is 9.98. The van der Waals surface area contributed by atoms with Gasteiger partial charge in [0, 0.05) is 53.4 Å². The molecule has 1 saturated heterocycles. The fraction of sp³-hybridized carbons (Fsp3) is 0.636. The first-order valence-electron chi connectivity index (χ1n) is 10.6. The van der Waals surface area contributed by atoms with Crippen molar-refractivity contribution in [3.8, 4) is 5.75 Å². The van der Waals surface area contributed by atoms with E-state index >= 15 is 0 Å². The lowest BCUT2D eigenvalue weighted by Crippen LogP contribution is -2.54. The molecule has 1 aromatic rings. The van der Waals surface area contributed by atoms with Gasteiger partial charge in [-0.25, -0.2) is 0 Å². The molecule has 0 bridgehead atoms. The second-order valence-electron chi connectivity index (χ2n) is 7.54. The normalized spacial score (nSPS) is 16.3. The molecule has 8 heteroatoms. The number of hydrogen-bond acceptors (Lipinski definition) is 5. The summed E-state index contributed by atoms with van der Waals surface area (Å²) in [5.74, 6) is 2.32. The van der Waals surface area contributed by atoms with Crippen LogP contribution in [0.25, 0.3) is 0 Å². The molecule has 1 aromatic carbocycles. The molecule has 0 aliphatic carbocycles. The van der Waals surface area contributed by atoms with Crippen LogP contribution in [0.5, 0.6) is 5.75 Å². The maximum absolute atomic E-state index is 12.0. The van der Waals surface area contributed by atoms with Crippen LogP contribution in [0.1, 0.15) is 24.8 Å². The zero-order valence-electron chi connectivity index (χ0n) is 18.8. The molecule has 0 saturated carbocycles. The predicted molar refractivity (Wildman–Crippen MR) is 120 cm³/mol. The first-order chi connectivity index (χ1) is 14.6. The van der Waals surface area contributed by atoms with Gasteiger partial charge in [-0.2, -0.15) is 0 Å². The van der Waals surface area contributed by atoms with Crippen LogP contribution < -0.4 is 15.4 Å². The Morgan fingerprint density at radius 1 is 1.10 bits per heavy atom. The topological polar surface area (TPSA) is 78.4 Å². The number of amides is 1. The van der Waals surface area contributed by atoms with Gasteiger partial charge in [0.1, 0.15) is 5.75 Å². The molecular weight excluding hydrogens is 382 g/mol. The van der Waals surface area contributed by atoms with Crippen molar-refractivity contribution in [2.45, 2.75) is 19.3 Å². The molecule has 30 heavy (non-hydrogen) atoms. The van der Waals surface area contributed by atoms with E-state index in [1.807, 2.05) is 19.2 Å². The van der Waals surface area contributed by atoms with E-state index in [1.54, 1.807) is 14.2 Å². The maximum Gasteiger partial charge on any atom is 0.234 e. The molecule has 2 N–H and O–H groups in total. The minimum absolute atomic E-state index is 0.0514. The summed E-state index contributed by atoms with van der Waals surface area (Å²) in [4.78, 5) is 20.8. The summed E-state index contributed by atoms with van der Waals surface area (Å²) in [6.45, 7) is 8.05. The van der Waals surface area contributed by atoms with Gasteiger partial charge in [-0.3, -0.25) is 14.7 Å². The number of hydrogen-bond donors (Lipinski definition) is 2. The highest BCUT2D eigenvalue weighted by Gasteiger charge is 2.21. The van der Waals surface area contributed by atoms with Gasteiger partial charge in [-0.1, -0.05) is 19.1 Å². The van der Waals surface area contributed by atoms with Crippen LogP contribution in [0.15, 0.2) is 29.3 Å². The predicted octanol–water partition coefficient (Wildman–Crippen LogP) is 1.14. The van der Waals surface area contributed by atoms with Gasteiger partial charge in [-0.05, 0) is 30.0 Å². The van der Waals surface area contributed by atoms with Crippen molar-refractivity contribution < 1.29 is 14.3 Å². The van der Waals surface area contributed by atoms with Crippen molar-refractivity contribution >= 4 is 11.9 Å². The molecule has 1 atom stereocenters. The fourth-order valence-electron chi connectivity index (χ4n) is 3.50. The summed E-state index contributed by atoms with van der Waals surface area (Å²) in [5.41, 5.74) is 1.31. The molecule has 0 spiro atoms. The van der Waals surface area contributed by atoms with Crippen LogP contribution >= 0.6 is 0 Å². The number of nitrogens with zero attached hydrogens (tertiary/aromatic N) is 3. The number of ether oxygens (including phenoxy) is 2. The second-order valence-corrected chi connectivity index (χ2v) is 7.54. The third-order valence-corrected chi connectivity index (χ3v) is 5.42. The van der Waals surface area contributed by atoms with E-state index in [4.69, 9.17) is 9.47 Å². The maximum atomic E-state index is 12.0. The highest BCUT2D eigenvalue weighted by molar-refractivity contribution is 5.80. The minimum atomic E-state index is 0.0514. The van der Waals surface area contributed by atoms with Gasteiger partial charge in [0.2, 0.25) is 5.91 Å². The first kappa shape index (κ1) is 24.0. The molecule has 8 nitrogen and oxygen atoms in total. The van der Waals surface area contributed by atoms with Crippen molar-refractivity contribution in [1.82, 2.24) is 20.4 Å². The van der Waals surface area contributed by atoms with E-state index < -0.39 is 0 Å². The molecule has 2 rings (SSSR count). The number of piperazine rings is 1. The summed E-state index contributed by atoms with van der Waals surface area (Å²) in [6.07, 6.45) is 1.02. The smallest absolute Gasteiger partial charge is 0.234 e. The zero-order valence-corrected chi connectivity index (χ0v) is 18.8. The number of aliphatic imine (C=N–C) groups is 1. The Morgan fingerprint density at radius 2 is 1.80 bits per heavy atom. The molecule has 0 radical (unpaired) electrons. The van der Waals surface area contributed by atoms with Gasteiger partial charge >= 0.3 is 0 Å². The Balaban J connectivity index is 1.69. The molecule has 1 aliphatic heterocycles. The molecule has 168 valence electrons. The lowest BCUT2D eigenvalue weighted by Gasteiger charge is -2.36. The first-order valence-corrected chi connectivity index (χ1v) is 10.6. The molecule has 1 fully saturated rings. The van der Waals surface area contributed by atoms with E-state index in [0.29, 0.717) is 25.6 Å². The average Bonchev–Trinajstić information content (AvgIpc) is 2.77. The SMILES string of the molecule is CN=C(NCCC(C)c1ccc(OC)cc1)N1CCN(CC(=O)NCCOC)CC1. The largest absolute Gasteiger partial charge is 0.497 e. The zero-order chi connectivity index (χ0) is 21.8. The molecule has 1 amide bonds. The van der Waals surface area contributed by atoms with E-state index in [1.165, 1.54) is 5.56 Å². The van der Waals surface area contributed by atoms with E-state index in [2.05, 4.69) is 44.5 Å². The monoisotopic (exact) mass is 419 g/mol. The Labute approximate surface area is 180 Å². The van der Waals surface area contributed by atoms with Crippen molar-refractivity contribution in [2.24, 2.45) is 4.99 Å². The molecular formula is C22H37N5O3. The molecule has 1 heterocycles. The number of carbonyl (C=O) groups is 1. The number of methoxy groups -OCH3 is 2. The third kappa shape index (κ3) is 7.84. The van der Waals surface area contributed by atoms with Crippen molar-refractivity contribution in [1.29, 1.82) is 0 Å². The van der Waals surface area contributed by atoms with Gasteiger partial charge in [0.25, 0.3) is 0 Å².